The molecule has 1 atom stereocenters. The van der Waals surface area contributed by atoms with Crippen molar-refractivity contribution >= 4 is 89.0 Å². The number of anilines is 1. The average Bonchev–Trinajstić information content (AvgIpc) is 3.08. The zero-order valence-corrected chi connectivity index (χ0v) is 35.6. The van der Waals surface area contributed by atoms with Gasteiger partial charge in [0.05, 0.1) is 4.90 Å². The number of nitrogens with one attached hydrogen (secondary N) is 2. The lowest BCUT2D eigenvalue weighted by Crippen LogP contribution is -2.69. The molecule has 4 rings (SSSR count). The van der Waals surface area contributed by atoms with E-state index in [1.165, 1.54) is 18.2 Å². The topological polar surface area (TPSA) is 384 Å². The zero-order valence-electron chi connectivity index (χ0n) is 30.7. The fraction of sp³-hybridized carbons (Fsp3) is 0.375. The highest BCUT2D eigenvalue weighted by Crippen LogP contribution is 2.55. The number of carbonyl (C=O) groups is 2. The molecule has 0 spiro atoms. The van der Waals surface area contributed by atoms with E-state index in [1.807, 2.05) is 0 Å². The highest BCUT2D eigenvalue weighted by Gasteiger charge is 2.79. The predicted octanol–water partition coefficient (Wildman–Crippen LogP) is 2.55. The molecule has 28 heteroatoms. The van der Waals surface area contributed by atoms with E-state index in [4.69, 9.17) is 0 Å². The first kappa shape index (κ1) is 48.7. The molecule has 332 valence electrons. The maximum atomic E-state index is 12.8. The van der Waals surface area contributed by atoms with Gasteiger partial charge >= 0.3 is 0 Å². The van der Waals surface area contributed by atoms with Crippen molar-refractivity contribution in [2.24, 2.45) is 0 Å². The van der Waals surface area contributed by atoms with Gasteiger partial charge in [0.25, 0.3) is 64.8 Å². The van der Waals surface area contributed by atoms with Crippen molar-refractivity contribution in [2.75, 3.05) is 5.32 Å². The minimum Gasteiger partial charge on any atom is -0.326 e. The van der Waals surface area contributed by atoms with E-state index in [0.717, 1.165) is 25.3 Å². The summed E-state index contributed by atoms with van der Waals surface area (Å²) >= 11 is 0. The van der Waals surface area contributed by atoms with Crippen LogP contribution in [-0.4, -0.2) is 98.5 Å². The van der Waals surface area contributed by atoms with Gasteiger partial charge in [-0.1, -0.05) is 56.7 Å². The molecule has 0 fully saturated rings. The van der Waals surface area contributed by atoms with Crippen LogP contribution in [0, 0.1) is 0 Å². The lowest BCUT2D eigenvalue weighted by atomic mass is 9.85. The molecule has 1 unspecified atom stereocenters. The number of unbranched alkanes of at least 4 members (excludes halogenated alkanes) is 7. The van der Waals surface area contributed by atoms with Gasteiger partial charge in [0.15, 0.2) is 4.75 Å². The van der Waals surface area contributed by atoms with Crippen molar-refractivity contribution in [3.05, 3.63) is 76.9 Å². The van der Waals surface area contributed by atoms with E-state index in [0.29, 0.717) is 56.4 Å². The van der Waals surface area contributed by atoms with Crippen LogP contribution in [0.3, 0.4) is 0 Å². The Kier molecular flexibility index (Phi) is 14.2. The van der Waals surface area contributed by atoms with Gasteiger partial charge in [0.1, 0.15) is 9.80 Å². The van der Waals surface area contributed by atoms with Crippen LogP contribution in [0.5, 0.6) is 0 Å². The third-order valence-electron chi connectivity index (χ3n) is 9.47. The van der Waals surface area contributed by atoms with E-state index < -0.39 is 102 Å². The minimum atomic E-state index is -6.63. The molecule has 0 saturated heterocycles. The van der Waals surface area contributed by atoms with E-state index in [9.17, 15) is 87.4 Å². The van der Waals surface area contributed by atoms with Crippen molar-refractivity contribution in [3.63, 3.8) is 0 Å². The summed E-state index contributed by atoms with van der Waals surface area (Å²) in [5.74, 6) is -1.05. The number of hydrogen-bond acceptors (Lipinski definition) is 14. The maximum Gasteiger partial charge on any atom is 0.295 e. The van der Waals surface area contributed by atoms with Crippen molar-refractivity contribution in [2.45, 2.75) is 82.8 Å². The molecule has 22 nitrogen and oxygen atoms in total. The van der Waals surface area contributed by atoms with Crippen LogP contribution >= 0.6 is 0 Å². The summed E-state index contributed by atoms with van der Waals surface area (Å²) in [4.78, 5) is 21.4. The Hall–Kier alpha value is -3.94. The standard InChI is InChI=1S/C32H38N2O20S6/c35-29(33-23-13-11-21-17-25(55(37,38)39)20-27(26(21)19-23)56(40,41)42)9-7-5-3-1-2-4-6-8-10-30(36)34-24-15-16-31(58(46,47)48)22(18-24)12-14-28(57(43,44)45)32(31,59(49,50)51)60(52,53)54/h11-20H,1-10H2,(H,33,35)(H,34,36)(H,37,38,39)(H,40,41,42)(H,43,44,45)(H,46,47,48)(H,49,50,51)(H,52,53,54). The highest BCUT2D eigenvalue weighted by molar-refractivity contribution is 8.09. The molecule has 60 heavy (non-hydrogen) atoms. The van der Waals surface area contributed by atoms with Crippen molar-refractivity contribution < 1.29 is 87.4 Å². The van der Waals surface area contributed by atoms with Gasteiger partial charge in [0, 0.05) is 29.6 Å². The number of amides is 2. The molecule has 2 aromatic carbocycles. The van der Waals surface area contributed by atoms with E-state index in [1.54, 1.807) is 0 Å². The summed E-state index contributed by atoms with van der Waals surface area (Å²) in [6.45, 7) is 0. The van der Waals surface area contributed by atoms with Gasteiger partial charge in [-0.3, -0.25) is 36.9 Å². The molecule has 0 bridgehead atoms. The van der Waals surface area contributed by atoms with Gasteiger partial charge < -0.3 is 10.6 Å². The molecule has 0 saturated carbocycles. The normalized spacial score (nSPS) is 18.5. The van der Waals surface area contributed by atoms with Crippen LogP contribution < -0.4 is 10.6 Å². The third-order valence-corrected chi connectivity index (χ3v) is 18.0. The Balaban J connectivity index is 1.25. The Morgan fingerprint density at radius 1 is 0.567 bits per heavy atom. The number of fused-ring (bicyclic) bond motifs is 2. The quantitative estimate of drug-likeness (QED) is 0.0740. The second-order valence-electron chi connectivity index (χ2n) is 13.6. The fourth-order valence-electron chi connectivity index (χ4n) is 6.88. The first-order valence-corrected chi connectivity index (χ1v) is 25.9. The lowest BCUT2D eigenvalue weighted by Gasteiger charge is -2.45. The van der Waals surface area contributed by atoms with Crippen molar-refractivity contribution in [1.82, 2.24) is 5.32 Å². The first-order valence-electron chi connectivity index (χ1n) is 17.2. The first-order chi connectivity index (χ1) is 27.4. The van der Waals surface area contributed by atoms with Crippen LogP contribution in [-0.2, 0) is 70.3 Å². The van der Waals surface area contributed by atoms with Gasteiger partial charge in [-0.15, -0.1) is 0 Å². The SMILES string of the molecule is O=C(CCCCCCCCCCC(=O)Nc1ccc2cc(S(=O)(=O)O)cc(S(=O)(=O)O)c2c1)NC1=CC2=CC=C(S(=O)(=O)O)C(S(=O)(=O)O)(S(=O)(=O)O)C2(S(=O)(=O)O)C=C1. The Bertz CT molecular complexity index is 2880. The second-order valence-corrected chi connectivity index (χ2v) is 22.7. The minimum absolute atomic E-state index is 0.0600. The Morgan fingerprint density at radius 3 is 1.55 bits per heavy atom. The van der Waals surface area contributed by atoms with Crippen LogP contribution in [0.15, 0.2) is 86.7 Å². The van der Waals surface area contributed by atoms with Crippen LogP contribution in [0.2, 0.25) is 0 Å². The van der Waals surface area contributed by atoms with E-state index in [-0.39, 0.29) is 47.2 Å². The second kappa shape index (κ2) is 17.4. The van der Waals surface area contributed by atoms with Crippen LogP contribution in [0.4, 0.5) is 5.69 Å². The summed E-state index contributed by atoms with van der Waals surface area (Å²) in [6, 6.07) is 5.53. The molecular weight excluding hydrogens is 925 g/mol. The molecule has 8 N–H and O–H groups in total. The number of rotatable bonds is 19. The van der Waals surface area contributed by atoms with Gasteiger partial charge in [0.2, 0.25) is 11.8 Å². The van der Waals surface area contributed by atoms with E-state index >= 15 is 0 Å². The predicted molar refractivity (Wildman–Crippen MR) is 212 cm³/mol. The van der Waals surface area contributed by atoms with Crippen molar-refractivity contribution in [3.8, 4) is 0 Å². The zero-order chi connectivity index (χ0) is 45.3. The molecule has 2 aromatic rings. The molecule has 2 aliphatic rings. The Labute approximate surface area is 345 Å². The maximum absolute atomic E-state index is 12.8. The van der Waals surface area contributed by atoms with Gasteiger partial charge in [-0.2, -0.15) is 50.5 Å². The van der Waals surface area contributed by atoms with Crippen LogP contribution in [0.1, 0.15) is 64.2 Å². The van der Waals surface area contributed by atoms with Gasteiger partial charge in [-0.25, -0.2) is 0 Å². The smallest absolute Gasteiger partial charge is 0.295 e. The number of hydrogen-bond donors (Lipinski definition) is 8. The largest absolute Gasteiger partial charge is 0.326 e. The summed E-state index contributed by atoms with van der Waals surface area (Å²) in [5, 5.41) is 4.92. The summed E-state index contributed by atoms with van der Waals surface area (Å²) in [5.41, 5.74) is -1.17. The highest BCUT2D eigenvalue weighted by atomic mass is 32.3. The third kappa shape index (κ3) is 10.1. The molecule has 0 heterocycles. The van der Waals surface area contributed by atoms with E-state index in [2.05, 4.69) is 10.6 Å². The average molecular weight is 963 g/mol. The van der Waals surface area contributed by atoms with Crippen molar-refractivity contribution in [1.29, 1.82) is 0 Å². The number of carbonyl (C=O) groups excluding carboxylic acids is 2. The molecule has 0 radical (unpaired) electrons. The molecule has 0 aromatic heterocycles. The summed E-state index contributed by atoms with van der Waals surface area (Å²) in [6.07, 6.45) is 7.08. The molecule has 0 aliphatic heterocycles. The van der Waals surface area contributed by atoms with Crippen LogP contribution in [0.25, 0.3) is 10.8 Å². The monoisotopic (exact) mass is 962 g/mol. The molecule has 2 amide bonds. The lowest BCUT2D eigenvalue weighted by molar-refractivity contribution is -0.120. The number of benzene rings is 2. The summed E-state index contributed by atoms with van der Waals surface area (Å²) < 4.78 is 197. The number of allylic oxidation sites excluding steroid dienone is 4. The molecule has 2 aliphatic carbocycles. The fourth-order valence-corrected chi connectivity index (χ4v) is 15.5. The Morgan fingerprint density at radius 2 is 1.08 bits per heavy atom. The molecular formula is C32H38N2O20S6. The summed E-state index contributed by atoms with van der Waals surface area (Å²) in [7, 11) is -35.2. The van der Waals surface area contributed by atoms with Gasteiger partial charge in [-0.05, 0) is 66.3 Å².